The largest absolute Gasteiger partial charge is 0.316 e. The third-order valence-corrected chi connectivity index (χ3v) is 3.90. The van der Waals surface area contributed by atoms with Gasteiger partial charge in [-0.2, -0.15) is 0 Å². The van der Waals surface area contributed by atoms with Gasteiger partial charge in [0.2, 0.25) is 0 Å². The molecule has 0 unspecified atom stereocenters. The summed E-state index contributed by atoms with van der Waals surface area (Å²) in [6, 6.07) is 0. The van der Waals surface area contributed by atoms with E-state index in [1.807, 2.05) is 11.3 Å². The van der Waals surface area contributed by atoms with Gasteiger partial charge in [-0.3, -0.25) is 0 Å². The van der Waals surface area contributed by atoms with Crippen molar-refractivity contribution in [3.63, 3.8) is 0 Å². The molecule has 84 valence electrons. The van der Waals surface area contributed by atoms with E-state index in [1.165, 1.54) is 35.1 Å². The van der Waals surface area contributed by atoms with E-state index in [2.05, 4.69) is 26.1 Å². The molecule has 0 atom stereocenters. The molecule has 1 aliphatic rings. The number of hydrogen-bond acceptors (Lipinski definition) is 3. The predicted molar refractivity (Wildman–Crippen MR) is 65.5 cm³/mol. The Hall–Kier alpha value is -0.410. The van der Waals surface area contributed by atoms with Crippen molar-refractivity contribution in [3.05, 3.63) is 15.6 Å². The smallest absolute Gasteiger partial charge is 0.0934 e. The highest BCUT2D eigenvalue weighted by Gasteiger charge is 2.19. The lowest BCUT2D eigenvalue weighted by molar-refractivity contribution is 0.346. The third kappa shape index (κ3) is 2.79. The fourth-order valence-electron chi connectivity index (χ4n) is 1.89. The molecule has 2 rings (SSSR count). The van der Waals surface area contributed by atoms with Gasteiger partial charge in [0.15, 0.2) is 0 Å². The summed E-state index contributed by atoms with van der Waals surface area (Å²) in [4.78, 5) is 6.18. The Kier molecular flexibility index (Phi) is 3.42. The Bertz CT molecular complexity index is 326. The first-order valence-corrected chi connectivity index (χ1v) is 6.62. The number of aryl methyl sites for hydroxylation is 1. The van der Waals surface area contributed by atoms with Crippen molar-refractivity contribution in [2.75, 3.05) is 13.1 Å². The molecule has 0 amide bonds. The number of nitrogens with zero attached hydrogens (tertiary/aromatic N) is 1. The van der Waals surface area contributed by atoms with Gasteiger partial charge in [0.1, 0.15) is 0 Å². The second kappa shape index (κ2) is 4.62. The summed E-state index contributed by atoms with van der Waals surface area (Å²) in [6.07, 6.45) is 2.31. The zero-order valence-electron chi connectivity index (χ0n) is 9.84. The van der Waals surface area contributed by atoms with E-state index in [-0.39, 0.29) is 0 Å². The van der Waals surface area contributed by atoms with E-state index in [4.69, 9.17) is 4.98 Å². The lowest BCUT2D eigenvalue weighted by Gasteiger charge is -2.25. The molecule has 2 nitrogen and oxygen atoms in total. The number of thiazole rings is 1. The minimum atomic E-state index is 0.712. The summed E-state index contributed by atoms with van der Waals surface area (Å²) in [5.74, 6) is 1.55. The maximum Gasteiger partial charge on any atom is 0.0934 e. The van der Waals surface area contributed by atoms with Crippen LogP contribution >= 0.6 is 11.3 Å². The highest BCUT2D eigenvalue weighted by atomic mass is 32.1. The molecule has 15 heavy (non-hydrogen) atoms. The SMILES string of the molecule is Cc1sc(CC2CNC2)nc1CC(C)C. The molecule has 1 fully saturated rings. The predicted octanol–water partition coefficient (Wildman–Crippen LogP) is 2.41. The molecule has 0 radical (unpaired) electrons. The van der Waals surface area contributed by atoms with Gasteiger partial charge < -0.3 is 5.32 Å². The molecule has 0 saturated carbocycles. The minimum Gasteiger partial charge on any atom is -0.316 e. The first kappa shape index (κ1) is 11.1. The molecule has 2 heterocycles. The Morgan fingerprint density at radius 1 is 1.47 bits per heavy atom. The van der Waals surface area contributed by atoms with Crippen LogP contribution in [0, 0.1) is 18.8 Å². The Morgan fingerprint density at radius 3 is 2.73 bits per heavy atom. The van der Waals surface area contributed by atoms with E-state index < -0.39 is 0 Å². The molecule has 1 aromatic rings. The van der Waals surface area contributed by atoms with Crippen LogP contribution in [0.4, 0.5) is 0 Å². The van der Waals surface area contributed by atoms with Crippen molar-refractivity contribution < 1.29 is 0 Å². The van der Waals surface area contributed by atoms with Gasteiger partial charge in [-0.25, -0.2) is 4.98 Å². The normalized spacial score (nSPS) is 17.1. The summed E-state index contributed by atoms with van der Waals surface area (Å²) in [5, 5.41) is 4.65. The van der Waals surface area contributed by atoms with E-state index in [0.717, 1.165) is 12.3 Å². The van der Waals surface area contributed by atoms with Crippen LogP contribution in [0.5, 0.6) is 0 Å². The van der Waals surface area contributed by atoms with Crippen LogP contribution in [-0.2, 0) is 12.8 Å². The molecule has 1 aromatic heterocycles. The molecule has 3 heteroatoms. The first-order chi connectivity index (χ1) is 7.15. The molecule has 0 spiro atoms. The van der Waals surface area contributed by atoms with Crippen LogP contribution in [0.1, 0.15) is 29.4 Å². The van der Waals surface area contributed by atoms with Crippen LogP contribution in [0.25, 0.3) is 0 Å². The molecule has 0 aromatic carbocycles. The van der Waals surface area contributed by atoms with Crippen LogP contribution in [0.15, 0.2) is 0 Å². The van der Waals surface area contributed by atoms with Gasteiger partial charge in [-0.15, -0.1) is 11.3 Å². The van der Waals surface area contributed by atoms with Crippen molar-refractivity contribution in [1.82, 2.24) is 10.3 Å². The highest BCUT2D eigenvalue weighted by molar-refractivity contribution is 7.11. The molecule has 0 aliphatic carbocycles. The van der Waals surface area contributed by atoms with Gasteiger partial charge in [0.05, 0.1) is 10.7 Å². The van der Waals surface area contributed by atoms with Gasteiger partial charge in [0, 0.05) is 11.3 Å². The van der Waals surface area contributed by atoms with Crippen LogP contribution < -0.4 is 5.32 Å². The van der Waals surface area contributed by atoms with Crippen molar-refractivity contribution in [2.45, 2.75) is 33.6 Å². The van der Waals surface area contributed by atoms with Gasteiger partial charge in [-0.05, 0) is 38.3 Å². The van der Waals surface area contributed by atoms with Crippen molar-refractivity contribution in [2.24, 2.45) is 11.8 Å². The van der Waals surface area contributed by atoms with E-state index in [1.54, 1.807) is 0 Å². The summed E-state index contributed by atoms with van der Waals surface area (Å²) in [5.41, 5.74) is 1.33. The average molecular weight is 224 g/mol. The highest BCUT2D eigenvalue weighted by Crippen LogP contribution is 2.23. The lowest BCUT2D eigenvalue weighted by Crippen LogP contribution is -2.43. The Morgan fingerprint density at radius 2 is 2.20 bits per heavy atom. The molecule has 1 aliphatic heterocycles. The number of nitrogens with one attached hydrogen (secondary N) is 1. The van der Waals surface area contributed by atoms with Gasteiger partial charge in [-0.1, -0.05) is 13.8 Å². The van der Waals surface area contributed by atoms with E-state index in [9.17, 15) is 0 Å². The zero-order chi connectivity index (χ0) is 10.8. The zero-order valence-corrected chi connectivity index (χ0v) is 10.7. The summed E-state index contributed by atoms with van der Waals surface area (Å²) >= 11 is 1.90. The van der Waals surface area contributed by atoms with Gasteiger partial charge in [0.25, 0.3) is 0 Å². The molecule has 0 bridgehead atoms. The van der Waals surface area contributed by atoms with Crippen LogP contribution in [0.2, 0.25) is 0 Å². The monoisotopic (exact) mass is 224 g/mol. The van der Waals surface area contributed by atoms with Crippen LogP contribution in [0.3, 0.4) is 0 Å². The molecular formula is C12H20N2S. The standard InChI is InChI=1S/C12H20N2S/c1-8(2)4-11-9(3)15-12(14-11)5-10-6-13-7-10/h8,10,13H,4-7H2,1-3H3. The van der Waals surface area contributed by atoms with Crippen molar-refractivity contribution in [1.29, 1.82) is 0 Å². The summed E-state index contributed by atoms with van der Waals surface area (Å²) < 4.78 is 0. The third-order valence-electron chi connectivity index (χ3n) is 2.87. The second-order valence-corrected chi connectivity index (χ2v) is 6.22. The molecular weight excluding hydrogens is 204 g/mol. The summed E-state index contributed by atoms with van der Waals surface area (Å²) in [7, 11) is 0. The Labute approximate surface area is 96.1 Å². The molecule has 1 saturated heterocycles. The van der Waals surface area contributed by atoms with Crippen molar-refractivity contribution >= 4 is 11.3 Å². The minimum absolute atomic E-state index is 0.712. The number of rotatable bonds is 4. The first-order valence-electron chi connectivity index (χ1n) is 5.81. The maximum absolute atomic E-state index is 4.76. The number of aromatic nitrogens is 1. The van der Waals surface area contributed by atoms with E-state index in [0.29, 0.717) is 5.92 Å². The fraction of sp³-hybridized carbons (Fsp3) is 0.750. The van der Waals surface area contributed by atoms with E-state index >= 15 is 0 Å². The van der Waals surface area contributed by atoms with Crippen molar-refractivity contribution in [3.8, 4) is 0 Å². The van der Waals surface area contributed by atoms with Crippen LogP contribution in [-0.4, -0.2) is 18.1 Å². The lowest BCUT2D eigenvalue weighted by atomic mass is 10.00. The maximum atomic E-state index is 4.76. The molecule has 1 N–H and O–H groups in total. The summed E-state index contributed by atoms with van der Waals surface area (Å²) in [6.45, 7) is 9.08. The number of hydrogen-bond donors (Lipinski definition) is 1. The average Bonchev–Trinajstić information content (AvgIpc) is 2.39. The fourth-order valence-corrected chi connectivity index (χ4v) is 2.97. The topological polar surface area (TPSA) is 24.9 Å². The quantitative estimate of drug-likeness (QED) is 0.849. The van der Waals surface area contributed by atoms with Gasteiger partial charge >= 0.3 is 0 Å². The Balaban J connectivity index is 1.99. The second-order valence-electron chi connectivity index (χ2n) is 4.94.